The average molecular weight is 309 g/mol. The van der Waals surface area contributed by atoms with Gasteiger partial charge in [-0.2, -0.15) is 0 Å². The quantitative estimate of drug-likeness (QED) is 0.921. The van der Waals surface area contributed by atoms with Gasteiger partial charge in [-0.05, 0) is 24.6 Å². The van der Waals surface area contributed by atoms with Gasteiger partial charge >= 0.3 is 0 Å². The predicted molar refractivity (Wildman–Crippen MR) is 83.6 cm³/mol. The number of halogens is 1. The molecule has 2 aromatic rings. The van der Waals surface area contributed by atoms with Gasteiger partial charge in [0.25, 0.3) is 5.91 Å². The molecule has 2 rings (SSSR count). The Morgan fingerprint density at radius 2 is 2.00 bits per heavy atom. The fraction of sp³-hybridized carbons (Fsp3) is 0.333. The summed E-state index contributed by atoms with van der Waals surface area (Å²) in [6.07, 6.45) is 0. The van der Waals surface area contributed by atoms with Crippen LogP contribution in [0.1, 0.15) is 45.7 Å². The Morgan fingerprint density at radius 3 is 2.55 bits per heavy atom. The molecule has 0 spiro atoms. The highest BCUT2D eigenvalue weighted by Gasteiger charge is 2.16. The monoisotopic (exact) mass is 308 g/mol. The first-order valence-corrected chi connectivity index (χ1v) is 7.66. The molecule has 1 amide bonds. The van der Waals surface area contributed by atoms with E-state index in [0.717, 1.165) is 16.3 Å². The maximum atomic E-state index is 12.2. The second-order valence-corrected chi connectivity index (χ2v) is 6.40. The summed E-state index contributed by atoms with van der Waals surface area (Å²) in [7, 11) is 0. The zero-order chi connectivity index (χ0) is 14.7. The van der Waals surface area contributed by atoms with E-state index in [-0.39, 0.29) is 5.91 Å². The molecule has 0 atom stereocenters. The molecule has 0 saturated carbocycles. The second-order valence-electron chi connectivity index (χ2n) is 4.93. The summed E-state index contributed by atoms with van der Waals surface area (Å²) in [4.78, 5) is 17.3. The Kier molecular flexibility index (Phi) is 4.78. The minimum absolute atomic E-state index is 0.0677. The molecule has 0 bridgehead atoms. The van der Waals surface area contributed by atoms with E-state index in [0.29, 0.717) is 22.4 Å². The van der Waals surface area contributed by atoms with E-state index in [1.807, 2.05) is 31.2 Å². The van der Waals surface area contributed by atoms with Crippen LogP contribution < -0.4 is 5.32 Å². The second kappa shape index (κ2) is 6.37. The van der Waals surface area contributed by atoms with Crippen LogP contribution in [0, 0.1) is 6.92 Å². The molecule has 0 saturated heterocycles. The van der Waals surface area contributed by atoms with Gasteiger partial charge in [0.15, 0.2) is 0 Å². The van der Waals surface area contributed by atoms with Gasteiger partial charge in [-0.1, -0.05) is 37.6 Å². The fourth-order valence-electron chi connectivity index (χ4n) is 1.74. The van der Waals surface area contributed by atoms with E-state index >= 15 is 0 Å². The fourth-order valence-corrected chi connectivity index (χ4v) is 2.85. The van der Waals surface area contributed by atoms with Crippen molar-refractivity contribution >= 4 is 28.8 Å². The van der Waals surface area contributed by atoms with Gasteiger partial charge in [-0.3, -0.25) is 4.79 Å². The van der Waals surface area contributed by atoms with Gasteiger partial charge in [-0.15, -0.1) is 11.3 Å². The zero-order valence-corrected chi connectivity index (χ0v) is 13.3. The molecule has 0 radical (unpaired) electrons. The molecule has 0 fully saturated rings. The largest absolute Gasteiger partial charge is 0.347 e. The first kappa shape index (κ1) is 15.0. The summed E-state index contributed by atoms with van der Waals surface area (Å²) >= 11 is 7.30. The molecular weight excluding hydrogens is 292 g/mol. The topological polar surface area (TPSA) is 42.0 Å². The lowest BCUT2D eigenvalue weighted by molar-refractivity contribution is 0.0954. The number of carbonyl (C=O) groups excluding carboxylic acids is 1. The first-order valence-electron chi connectivity index (χ1n) is 6.47. The first-order chi connectivity index (χ1) is 9.47. The van der Waals surface area contributed by atoms with Crippen LogP contribution in [0.15, 0.2) is 24.3 Å². The van der Waals surface area contributed by atoms with E-state index in [1.54, 1.807) is 0 Å². The Hall–Kier alpha value is -1.39. The van der Waals surface area contributed by atoms with E-state index in [9.17, 15) is 4.79 Å². The van der Waals surface area contributed by atoms with Crippen molar-refractivity contribution in [2.45, 2.75) is 33.2 Å². The molecule has 1 aromatic heterocycles. The van der Waals surface area contributed by atoms with Crippen LogP contribution in [0.4, 0.5) is 0 Å². The van der Waals surface area contributed by atoms with Gasteiger partial charge < -0.3 is 5.32 Å². The lowest BCUT2D eigenvalue weighted by Crippen LogP contribution is -2.22. The summed E-state index contributed by atoms with van der Waals surface area (Å²) in [6, 6.07) is 7.44. The maximum Gasteiger partial charge on any atom is 0.263 e. The normalized spacial score (nSPS) is 10.8. The minimum atomic E-state index is -0.0677. The summed E-state index contributed by atoms with van der Waals surface area (Å²) in [5, 5.41) is 4.61. The summed E-state index contributed by atoms with van der Waals surface area (Å²) in [5.41, 5.74) is 1.82. The molecule has 1 N–H and O–H groups in total. The van der Waals surface area contributed by atoms with Crippen LogP contribution >= 0.6 is 22.9 Å². The minimum Gasteiger partial charge on any atom is -0.347 e. The Balaban J connectivity index is 2.03. The highest BCUT2D eigenvalue weighted by Crippen LogP contribution is 2.24. The Labute approximate surface area is 128 Å². The van der Waals surface area contributed by atoms with Crippen molar-refractivity contribution in [3.05, 3.63) is 50.4 Å². The highest BCUT2D eigenvalue weighted by molar-refractivity contribution is 7.13. The van der Waals surface area contributed by atoms with E-state index in [1.165, 1.54) is 11.3 Å². The van der Waals surface area contributed by atoms with Crippen molar-refractivity contribution < 1.29 is 4.79 Å². The molecule has 5 heteroatoms. The Morgan fingerprint density at radius 1 is 1.35 bits per heavy atom. The number of amides is 1. The molecule has 0 aliphatic heterocycles. The van der Waals surface area contributed by atoms with E-state index in [4.69, 9.17) is 11.6 Å². The molecular formula is C15H17ClN2OS. The van der Waals surface area contributed by atoms with Crippen molar-refractivity contribution in [2.75, 3.05) is 0 Å². The molecule has 3 nitrogen and oxygen atoms in total. The van der Waals surface area contributed by atoms with Crippen molar-refractivity contribution in [2.24, 2.45) is 0 Å². The van der Waals surface area contributed by atoms with Crippen molar-refractivity contribution in [1.29, 1.82) is 0 Å². The average Bonchev–Trinajstić information content (AvgIpc) is 2.80. The summed E-state index contributed by atoms with van der Waals surface area (Å²) in [5.74, 6) is 0.276. The molecule has 0 unspecified atom stereocenters. The Bertz CT molecular complexity index is 605. The van der Waals surface area contributed by atoms with Gasteiger partial charge in [0.05, 0.1) is 10.7 Å². The maximum absolute atomic E-state index is 12.2. The van der Waals surface area contributed by atoms with Crippen LogP contribution in [-0.2, 0) is 6.54 Å². The number of rotatable bonds is 4. The van der Waals surface area contributed by atoms with Gasteiger partial charge in [-0.25, -0.2) is 4.98 Å². The van der Waals surface area contributed by atoms with Gasteiger partial charge in [0, 0.05) is 17.5 Å². The van der Waals surface area contributed by atoms with Crippen molar-refractivity contribution in [3.63, 3.8) is 0 Å². The number of aromatic nitrogens is 1. The number of carbonyl (C=O) groups is 1. The molecule has 1 heterocycles. The molecule has 0 aliphatic rings. The van der Waals surface area contributed by atoms with Crippen LogP contribution in [0.5, 0.6) is 0 Å². The summed E-state index contributed by atoms with van der Waals surface area (Å²) in [6.45, 7) is 6.52. The number of nitrogens with zero attached hydrogens (tertiary/aromatic N) is 1. The van der Waals surface area contributed by atoms with Crippen molar-refractivity contribution in [1.82, 2.24) is 10.3 Å². The van der Waals surface area contributed by atoms with E-state index < -0.39 is 0 Å². The van der Waals surface area contributed by atoms with Crippen LogP contribution in [-0.4, -0.2) is 10.9 Å². The van der Waals surface area contributed by atoms with Gasteiger partial charge in [0.2, 0.25) is 0 Å². The van der Waals surface area contributed by atoms with Crippen molar-refractivity contribution in [3.8, 4) is 0 Å². The molecule has 0 aliphatic carbocycles. The van der Waals surface area contributed by atoms with Crippen LogP contribution in [0.2, 0.25) is 5.02 Å². The van der Waals surface area contributed by atoms with Crippen LogP contribution in [0.3, 0.4) is 0 Å². The molecule has 1 aromatic carbocycles. The third-order valence-electron chi connectivity index (χ3n) is 2.88. The lowest BCUT2D eigenvalue weighted by atomic mass is 10.2. The van der Waals surface area contributed by atoms with Crippen LogP contribution in [0.25, 0.3) is 0 Å². The number of hydrogen-bond donors (Lipinski definition) is 1. The van der Waals surface area contributed by atoms with E-state index in [2.05, 4.69) is 24.1 Å². The number of nitrogens with one attached hydrogen (secondary N) is 1. The number of thiazole rings is 1. The zero-order valence-electron chi connectivity index (χ0n) is 11.7. The third-order valence-corrected chi connectivity index (χ3v) is 4.59. The number of benzene rings is 1. The lowest BCUT2D eigenvalue weighted by Gasteiger charge is -2.04. The smallest absolute Gasteiger partial charge is 0.263 e. The van der Waals surface area contributed by atoms with Gasteiger partial charge in [0.1, 0.15) is 4.88 Å². The third kappa shape index (κ3) is 3.58. The standard InChI is InChI=1S/C15H17ClN2OS/c1-9(2)15-18-10(3)13(20-15)14(19)17-8-11-4-6-12(16)7-5-11/h4-7,9H,8H2,1-3H3,(H,17,19). The number of aryl methyl sites for hydroxylation is 1. The highest BCUT2D eigenvalue weighted by atomic mass is 35.5. The molecule has 20 heavy (non-hydrogen) atoms. The summed E-state index contributed by atoms with van der Waals surface area (Å²) < 4.78 is 0. The molecule has 106 valence electrons. The predicted octanol–water partition coefficient (Wildman–Crippen LogP) is 4.16. The number of hydrogen-bond acceptors (Lipinski definition) is 3. The SMILES string of the molecule is Cc1nc(C(C)C)sc1C(=O)NCc1ccc(Cl)cc1.